The molecule has 3 rings (SSSR count). The van der Waals surface area contributed by atoms with Crippen molar-refractivity contribution in [3.63, 3.8) is 0 Å². The first-order valence-corrected chi connectivity index (χ1v) is 14.8. The van der Waals surface area contributed by atoms with Crippen LogP contribution in [0.4, 0.5) is 4.39 Å². The first-order chi connectivity index (χ1) is 19.7. The number of carbonyl (C=O) groups is 2. The summed E-state index contributed by atoms with van der Waals surface area (Å²) in [5, 5.41) is 33.1. The molecule has 0 saturated heterocycles. The number of benzene rings is 2. The molecular formula is C30H38FIN2O7. The van der Waals surface area contributed by atoms with Crippen LogP contribution < -0.4 is 14.8 Å². The van der Waals surface area contributed by atoms with Crippen LogP contribution >= 0.6 is 22.6 Å². The van der Waals surface area contributed by atoms with Crippen LogP contribution in [0.2, 0.25) is 0 Å². The minimum absolute atomic E-state index is 0.0436. The van der Waals surface area contributed by atoms with E-state index in [4.69, 9.17) is 9.47 Å². The van der Waals surface area contributed by atoms with Gasteiger partial charge >= 0.3 is 0 Å². The third-order valence-corrected chi connectivity index (χ3v) is 7.74. The summed E-state index contributed by atoms with van der Waals surface area (Å²) in [5.74, 6) is -0.323. The van der Waals surface area contributed by atoms with Gasteiger partial charge in [-0.3, -0.25) is 9.59 Å². The number of carbonyl (C=O) groups excluding carboxylic acids is 2. The van der Waals surface area contributed by atoms with Crippen molar-refractivity contribution in [3.05, 3.63) is 68.6 Å². The van der Waals surface area contributed by atoms with Crippen LogP contribution in [0.3, 0.4) is 0 Å². The molecule has 11 heteroatoms. The zero-order chi connectivity index (χ0) is 29.9. The summed E-state index contributed by atoms with van der Waals surface area (Å²) in [6, 6.07) is 8.70. The highest BCUT2D eigenvalue weighted by Crippen LogP contribution is 2.37. The Kier molecular flexibility index (Phi) is 12.8. The van der Waals surface area contributed by atoms with E-state index in [2.05, 4.69) is 5.32 Å². The molecule has 0 unspecified atom stereocenters. The average Bonchev–Trinajstić information content (AvgIpc) is 2.97. The molecule has 2 aromatic carbocycles. The molecule has 0 aromatic heterocycles. The Hall–Kier alpha value is -2.74. The van der Waals surface area contributed by atoms with E-state index in [1.54, 1.807) is 29.2 Å². The second-order valence-electron chi connectivity index (χ2n) is 9.85. The number of aliphatic hydroxyl groups is 3. The minimum atomic E-state index is -1.21. The van der Waals surface area contributed by atoms with E-state index in [1.807, 2.05) is 29.5 Å². The third-order valence-electron chi connectivity index (χ3n) is 6.94. The number of ether oxygens (including phenoxy) is 2. The standard InChI is InChI=1S/C30H38FIN2O7/c1-3-4-8-27(37)34(11-9-19-6-5-7-22(31)13-19)24-16-21(30(39)33-10-12-35)17-25(28(24)38)41-29-23(32)14-20(18-36)15-26(29)40-2/h5-7,13-15,17,24-25,28,35-36,38H,3-4,8-12,16,18H2,1-2H3,(H,33,39)/t24-,25+,28+/m1/s1. The van der Waals surface area contributed by atoms with Crippen molar-refractivity contribution in [2.24, 2.45) is 0 Å². The van der Waals surface area contributed by atoms with Crippen LogP contribution in [0.5, 0.6) is 11.5 Å². The van der Waals surface area contributed by atoms with E-state index in [9.17, 15) is 29.3 Å². The van der Waals surface area contributed by atoms with Crippen LogP contribution in [-0.4, -0.2) is 77.1 Å². The number of nitrogens with zero attached hydrogens (tertiary/aromatic N) is 1. The Morgan fingerprint density at radius 1 is 1.20 bits per heavy atom. The van der Waals surface area contributed by atoms with Crippen molar-refractivity contribution in [2.75, 3.05) is 26.8 Å². The van der Waals surface area contributed by atoms with Crippen molar-refractivity contribution in [3.8, 4) is 11.5 Å². The molecule has 0 spiro atoms. The summed E-state index contributed by atoms with van der Waals surface area (Å²) in [6.07, 6.45) is 1.44. The number of halogens is 2. The van der Waals surface area contributed by atoms with Crippen molar-refractivity contribution < 1.29 is 38.8 Å². The molecule has 41 heavy (non-hydrogen) atoms. The molecule has 3 atom stereocenters. The van der Waals surface area contributed by atoms with E-state index in [1.165, 1.54) is 25.3 Å². The fourth-order valence-electron chi connectivity index (χ4n) is 4.78. The number of methoxy groups -OCH3 is 1. The van der Waals surface area contributed by atoms with Crippen LogP contribution in [-0.2, 0) is 22.6 Å². The summed E-state index contributed by atoms with van der Waals surface area (Å²) >= 11 is 2.04. The number of unbranched alkanes of at least 4 members (excludes halogenated alkanes) is 1. The second-order valence-corrected chi connectivity index (χ2v) is 11.0. The van der Waals surface area contributed by atoms with E-state index < -0.39 is 24.2 Å². The van der Waals surface area contributed by atoms with Gasteiger partial charge in [-0.15, -0.1) is 0 Å². The van der Waals surface area contributed by atoms with Gasteiger partial charge < -0.3 is 35.0 Å². The zero-order valence-electron chi connectivity index (χ0n) is 23.3. The monoisotopic (exact) mass is 684 g/mol. The zero-order valence-corrected chi connectivity index (χ0v) is 25.5. The number of rotatable bonds is 14. The Bertz CT molecular complexity index is 1230. The van der Waals surface area contributed by atoms with Crippen molar-refractivity contribution in [2.45, 2.75) is 63.9 Å². The third kappa shape index (κ3) is 8.87. The van der Waals surface area contributed by atoms with Crippen LogP contribution in [0.1, 0.15) is 43.7 Å². The van der Waals surface area contributed by atoms with Gasteiger partial charge in [0.05, 0.1) is 29.9 Å². The topological polar surface area (TPSA) is 129 Å². The van der Waals surface area contributed by atoms with E-state index >= 15 is 0 Å². The average molecular weight is 685 g/mol. The van der Waals surface area contributed by atoms with Gasteiger partial charge in [0.15, 0.2) is 11.5 Å². The molecule has 0 bridgehead atoms. The van der Waals surface area contributed by atoms with E-state index in [0.29, 0.717) is 44.6 Å². The number of amides is 2. The number of hydrogen-bond acceptors (Lipinski definition) is 7. The fraction of sp³-hybridized carbons (Fsp3) is 0.467. The highest BCUT2D eigenvalue weighted by Gasteiger charge is 2.40. The predicted molar refractivity (Wildman–Crippen MR) is 160 cm³/mol. The lowest BCUT2D eigenvalue weighted by Crippen LogP contribution is -2.55. The first kappa shape index (κ1) is 32.8. The fourth-order valence-corrected chi connectivity index (χ4v) is 5.58. The predicted octanol–water partition coefficient (Wildman–Crippen LogP) is 3.11. The number of hydrogen-bond donors (Lipinski definition) is 4. The highest BCUT2D eigenvalue weighted by atomic mass is 127. The molecule has 0 saturated carbocycles. The molecule has 224 valence electrons. The summed E-state index contributed by atoms with van der Waals surface area (Å²) < 4.78 is 26.2. The van der Waals surface area contributed by atoms with Gasteiger partial charge in [-0.1, -0.05) is 25.5 Å². The first-order valence-electron chi connectivity index (χ1n) is 13.7. The van der Waals surface area contributed by atoms with Gasteiger partial charge in [-0.2, -0.15) is 0 Å². The molecule has 1 aliphatic rings. The normalized spacial score (nSPS) is 18.4. The molecule has 9 nitrogen and oxygen atoms in total. The minimum Gasteiger partial charge on any atom is -0.493 e. The summed E-state index contributed by atoms with van der Waals surface area (Å²) in [7, 11) is 1.46. The summed E-state index contributed by atoms with van der Waals surface area (Å²) in [6.45, 7) is 1.79. The Morgan fingerprint density at radius 3 is 2.63 bits per heavy atom. The van der Waals surface area contributed by atoms with Crippen molar-refractivity contribution in [1.82, 2.24) is 10.2 Å². The Labute approximate surface area is 253 Å². The quantitative estimate of drug-likeness (QED) is 0.225. The highest BCUT2D eigenvalue weighted by molar-refractivity contribution is 14.1. The van der Waals surface area contributed by atoms with Crippen LogP contribution in [0, 0.1) is 9.39 Å². The summed E-state index contributed by atoms with van der Waals surface area (Å²) in [5.41, 5.74) is 1.63. The van der Waals surface area contributed by atoms with Crippen LogP contribution in [0.15, 0.2) is 48.0 Å². The molecule has 1 aliphatic carbocycles. The molecule has 4 N–H and O–H groups in total. The molecule has 0 heterocycles. The van der Waals surface area contributed by atoms with Gasteiger partial charge in [0.25, 0.3) is 0 Å². The Balaban J connectivity index is 1.99. The van der Waals surface area contributed by atoms with Gasteiger partial charge in [0, 0.05) is 31.5 Å². The maximum Gasteiger partial charge on any atom is 0.247 e. The Morgan fingerprint density at radius 2 is 1.98 bits per heavy atom. The van der Waals surface area contributed by atoms with Crippen molar-refractivity contribution >= 4 is 34.4 Å². The van der Waals surface area contributed by atoms with E-state index in [0.717, 1.165) is 6.42 Å². The molecular weight excluding hydrogens is 646 g/mol. The SMILES string of the molecule is CCCCC(=O)N(CCc1cccc(F)c1)[C@@H]1CC(C(=O)NCCO)=C[C@H](Oc2c(I)cc(CO)cc2OC)[C@H]1O. The van der Waals surface area contributed by atoms with Crippen molar-refractivity contribution in [1.29, 1.82) is 0 Å². The smallest absolute Gasteiger partial charge is 0.247 e. The van der Waals surface area contributed by atoms with Gasteiger partial charge in [0.2, 0.25) is 11.8 Å². The largest absolute Gasteiger partial charge is 0.493 e. The lowest BCUT2D eigenvalue weighted by Gasteiger charge is -2.41. The number of aliphatic hydroxyl groups excluding tert-OH is 3. The lowest BCUT2D eigenvalue weighted by molar-refractivity contribution is -0.138. The summed E-state index contributed by atoms with van der Waals surface area (Å²) in [4.78, 5) is 28.1. The maximum atomic E-state index is 13.8. The van der Waals surface area contributed by atoms with Crippen LogP contribution in [0.25, 0.3) is 0 Å². The second kappa shape index (κ2) is 16.0. The molecule has 0 radical (unpaired) electrons. The van der Waals surface area contributed by atoms with Gasteiger partial charge in [-0.25, -0.2) is 4.39 Å². The lowest BCUT2D eigenvalue weighted by atomic mass is 9.87. The maximum absolute atomic E-state index is 13.8. The van der Waals surface area contributed by atoms with Gasteiger partial charge in [-0.05, 0) is 76.9 Å². The number of nitrogens with one attached hydrogen (secondary N) is 1. The molecule has 0 fully saturated rings. The molecule has 0 aliphatic heterocycles. The molecule has 2 amide bonds. The van der Waals surface area contributed by atoms with Gasteiger partial charge in [0.1, 0.15) is 18.0 Å². The molecule has 2 aromatic rings. The van der Waals surface area contributed by atoms with E-state index in [-0.39, 0.29) is 50.9 Å².